The Morgan fingerprint density at radius 2 is 1.97 bits per heavy atom. The fraction of sp³-hybridized carbons (Fsp3) is 0.500. The second kappa shape index (κ2) is 8.88. The fourth-order valence-corrected chi connectivity index (χ4v) is 4.85. The van der Waals surface area contributed by atoms with Crippen LogP contribution in [0.5, 0.6) is 0 Å². The number of halogens is 4. The van der Waals surface area contributed by atoms with Gasteiger partial charge in [-0.25, -0.2) is 4.39 Å². The van der Waals surface area contributed by atoms with Crippen molar-refractivity contribution in [1.82, 2.24) is 10.2 Å². The average Bonchev–Trinajstić information content (AvgIpc) is 2.78. The van der Waals surface area contributed by atoms with Gasteiger partial charge in [-0.3, -0.25) is 4.90 Å². The Kier molecular flexibility index (Phi) is 6.37. The van der Waals surface area contributed by atoms with Crippen LogP contribution < -0.4 is 5.32 Å². The first kappa shape index (κ1) is 22.2. The molecule has 0 spiro atoms. The SMILES string of the molecule is C[C@@H](OC[C@@]1(c2ccccc2)CC[C@H]2CN1CCN2)c1cc(CF)cc(C(F)(F)F)c1. The molecule has 2 fully saturated rings. The lowest BCUT2D eigenvalue weighted by Crippen LogP contribution is -2.63. The standard InChI is InChI=1S/C24H28F4N2O/c1-17(19-11-18(14-25)12-21(13-19)24(26,27)28)31-16-23(20-5-3-2-4-6-20)8-7-22-15-30(23)10-9-29-22/h2-6,11-13,17,22,29H,7-10,14-16H2,1H3/t17-,22+,23-/m1/s1. The minimum atomic E-state index is -4.52. The van der Waals surface area contributed by atoms with Crippen molar-refractivity contribution in [3.05, 3.63) is 70.8 Å². The molecule has 2 aliphatic rings. The number of fused-ring (bicyclic) bond motifs is 2. The second-order valence-electron chi connectivity index (χ2n) is 8.58. The first-order chi connectivity index (χ1) is 14.8. The van der Waals surface area contributed by atoms with Crippen molar-refractivity contribution in [2.45, 2.75) is 50.3 Å². The van der Waals surface area contributed by atoms with Crippen LogP contribution in [0.2, 0.25) is 0 Å². The fourth-order valence-electron chi connectivity index (χ4n) is 4.85. The minimum Gasteiger partial charge on any atom is -0.372 e. The highest BCUT2D eigenvalue weighted by Gasteiger charge is 2.45. The maximum atomic E-state index is 13.3. The molecule has 4 rings (SSSR count). The van der Waals surface area contributed by atoms with Gasteiger partial charge in [-0.05, 0) is 48.6 Å². The number of hydrogen-bond acceptors (Lipinski definition) is 3. The number of rotatable bonds is 6. The van der Waals surface area contributed by atoms with Crippen LogP contribution in [0.15, 0.2) is 48.5 Å². The zero-order valence-electron chi connectivity index (χ0n) is 17.6. The van der Waals surface area contributed by atoms with Crippen LogP contribution in [0.1, 0.15) is 48.1 Å². The lowest BCUT2D eigenvalue weighted by Gasteiger charge is -2.53. The molecule has 31 heavy (non-hydrogen) atoms. The van der Waals surface area contributed by atoms with E-state index in [1.165, 1.54) is 6.07 Å². The second-order valence-corrected chi connectivity index (χ2v) is 8.58. The number of hydrogen-bond donors (Lipinski definition) is 1. The van der Waals surface area contributed by atoms with Gasteiger partial charge in [0.05, 0.1) is 23.8 Å². The van der Waals surface area contributed by atoms with E-state index in [1.54, 1.807) is 6.92 Å². The first-order valence-electron chi connectivity index (χ1n) is 10.7. The normalized spacial score (nSPS) is 27.1. The van der Waals surface area contributed by atoms with Crippen LogP contribution in [0.4, 0.5) is 17.6 Å². The number of nitrogens with one attached hydrogen (secondary N) is 1. The van der Waals surface area contributed by atoms with Crippen LogP contribution in [-0.2, 0) is 23.1 Å². The number of nitrogens with zero attached hydrogens (tertiary/aromatic N) is 1. The minimum absolute atomic E-state index is 0.0145. The largest absolute Gasteiger partial charge is 0.416 e. The maximum Gasteiger partial charge on any atom is 0.416 e. The molecule has 168 valence electrons. The molecule has 2 aromatic rings. The van der Waals surface area contributed by atoms with E-state index in [-0.39, 0.29) is 11.1 Å². The van der Waals surface area contributed by atoms with Crippen LogP contribution in [0, 0.1) is 0 Å². The van der Waals surface area contributed by atoms with Gasteiger partial charge < -0.3 is 10.1 Å². The summed E-state index contributed by atoms with van der Waals surface area (Å²) in [5.74, 6) is 0. The highest BCUT2D eigenvalue weighted by molar-refractivity contribution is 5.33. The van der Waals surface area contributed by atoms with Gasteiger partial charge in [0.2, 0.25) is 0 Å². The Morgan fingerprint density at radius 3 is 2.68 bits per heavy atom. The molecule has 2 aliphatic heterocycles. The van der Waals surface area contributed by atoms with Gasteiger partial charge in [-0.15, -0.1) is 0 Å². The smallest absolute Gasteiger partial charge is 0.372 e. The van der Waals surface area contributed by atoms with Crippen molar-refractivity contribution in [1.29, 1.82) is 0 Å². The number of piperazine rings is 1. The third kappa shape index (κ3) is 4.64. The van der Waals surface area contributed by atoms with Crippen molar-refractivity contribution in [2.75, 3.05) is 26.2 Å². The summed E-state index contributed by atoms with van der Waals surface area (Å²) in [6.45, 7) is 3.87. The molecule has 2 bridgehead atoms. The summed E-state index contributed by atoms with van der Waals surface area (Å²) >= 11 is 0. The van der Waals surface area contributed by atoms with E-state index in [9.17, 15) is 17.6 Å². The molecule has 2 aromatic carbocycles. The van der Waals surface area contributed by atoms with Gasteiger partial charge in [0, 0.05) is 25.7 Å². The molecule has 0 aromatic heterocycles. The Hall–Kier alpha value is -1.96. The van der Waals surface area contributed by atoms with E-state index >= 15 is 0 Å². The number of benzene rings is 2. The van der Waals surface area contributed by atoms with E-state index in [1.807, 2.05) is 18.2 Å². The van der Waals surface area contributed by atoms with Crippen molar-refractivity contribution in [3.63, 3.8) is 0 Å². The van der Waals surface area contributed by atoms with E-state index in [0.717, 1.165) is 50.2 Å². The molecule has 3 nitrogen and oxygen atoms in total. The summed E-state index contributed by atoms with van der Waals surface area (Å²) < 4.78 is 59.3. The Bertz CT molecular complexity index is 889. The molecule has 2 heterocycles. The van der Waals surface area contributed by atoms with E-state index in [4.69, 9.17) is 4.74 Å². The zero-order valence-corrected chi connectivity index (χ0v) is 17.6. The summed E-state index contributed by atoms with van der Waals surface area (Å²) in [6, 6.07) is 14.1. The van der Waals surface area contributed by atoms with Crippen LogP contribution in [-0.4, -0.2) is 37.2 Å². The summed E-state index contributed by atoms with van der Waals surface area (Å²) in [6.07, 6.45) is -3.20. The van der Waals surface area contributed by atoms with Crippen molar-refractivity contribution < 1.29 is 22.3 Å². The van der Waals surface area contributed by atoms with Gasteiger partial charge in [0.1, 0.15) is 6.67 Å². The lowest BCUT2D eigenvalue weighted by atomic mass is 9.78. The Morgan fingerprint density at radius 1 is 1.19 bits per heavy atom. The third-order valence-corrected chi connectivity index (χ3v) is 6.62. The van der Waals surface area contributed by atoms with E-state index in [0.29, 0.717) is 18.2 Å². The van der Waals surface area contributed by atoms with Crippen LogP contribution >= 0.6 is 0 Å². The van der Waals surface area contributed by atoms with Crippen molar-refractivity contribution in [2.24, 2.45) is 0 Å². The van der Waals surface area contributed by atoms with Gasteiger partial charge >= 0.3 is 6.18 Å². The summed E-state index contributed by atoms with van der Waals surface area (Å²) in [5, 5.41) is 3.54. The molecule has 0 aliphatic carbocycles. The molecule has 2 saturated heterocycles. The predicted octanol–water partition coefficient (Wildman–Crippen LogP) is 5.22. The Labute approximate surface area is 180 Å². The first-order valence-corrected chi connectivity index (χ1v) is 10.7. The van der Waals surface area contributed by atoms with Gasteiger partial charge in [-0.2, -0.15) is 13.2 Å². The zero-order chi connectivity index (χ0) is 22.1. The van der Waals surface area contributed by atoms with Gasteiger partial charge in [-0.1, -0.05) is 36.4 Å². The third-order valence-electron chi connectivity index (χ3n) is 6.62. The monoisotopic (exact) mass is 436 g/mol. The lowest BCUT2D eigenvalue weighted by molar-refractivity contribution is -0.137. The van der Waals surface area contributed by atoms with Gasteiger partial charge in [0.25, 0.3) is 0 Å². The van der Waals surface area contributed by atoms with Crippen LogP contribution in [0.25, 0.3) is 0 Å². The number of ether oxygens (including phenoxy) is 1. The molecule has 0 amide bonds. The summed E-state index contributed by atoms with van der Waals surface area (Å²) in [7, 11) is 0. The molecule has 0 saturated carbocycles. The molecule has 0 radical (unpaired) electrons. The Balaban J connectivity index is 1.59. The quantitative estimate of drug-likeness (QED) is 0.629. The molecule has 1 unspecified atom stereocenters. The summed E-state index contributed by atoms with van der Waals surface area (Å²) in [5.41, 5.74) is 0.364. The van der Waals surface area contributed by atoms with Crippen molar-refractivity contribution in [3.8, 4) is 0 Å². The number of piperidine rings is 1. The molecule has 4 atom stereocenters. The van der Waals surface area contributed by atoms with E-state index < -0.39 is 24.5 Å². The van der Waals surface area contributed by atoms with Gasteiger partial charge in [0.15, 0.2) is 0 Å². The average molecular weight is 436 g/mol. The summed E-state index contributed by atoms with van der Waals surface area (Å²) in [4.78, 5) is 2.44. The molecule has 1 N–H and O–H groups in total. The highest BCUT2D eigenvalue weighted by atomic mass is 19.4. The van der Waals surface area contributed by atoms with Crippen molar-refractivity contribution >= 4 is 0 Å². The predicted molar refractivity (Wildman–Crippen MR) is 111 cm³/mol. The topological polar surface area (TPSA) is 24.5 Å². The molecular formula is C24H28F4N2O. The maximum absolute atomic E-state index is 13.3. The van der Waals surface area contributed by atoms with Crippen LogP contribution in [0.3, 0.4) is 0 Å². The molecular weight excluding hydrogens is 408 g/mol. The highest BCUT2D eigenvalue weighted by Crippen LogP contribution is 2.40. The van der Waals surface area contributed by atoms with E-state index in [2.05, 4.69) is 22.3 Å². The molecule has 7 heteroatoms. The number of alkyl halides is 4.